The predicted molar refractivity (Wildman–Crippen MR) is 154 cm³/mol. The number of ether oxygens (including phenoxy) is 1. The Morgan fingerprint density at radius 1 is 1.05 bits per heavy atom. The number of nitrogens with zero attached hydrogens (tertiary/aromatic N) is 2. The number of halogens is 3. The topological polar surface area (TPSA) is 96.0 Å². The Morgan fingerprint density at radius 2 is 1.66 bits per heavy atom. The highest BCUT2D eigenvalue weighted by Gasteiger charge is 2.29. The first-order chi connectivity index (χ1) is 17.5. The molecule has 0 saturated carbocycles. The summed E-state index contributed by atoms with van der Waals surface area (Å²) in [6, 6.07) is 8.84. The Labute approximate surface area is 240 Å². The molecule has 0 fully saturated rings. The average molecular weight is 607 g/mol. The molecule has 12 heteroatoms. The quantitative estimate of drug-likeness (QED) is 0.363. The number of hydrogen-bond donors (Lipinski definition) is 1. The van der Waals surface area contributed by atoms with Gasteiger partial charge in [0, 0.05) is 40.7 Å². The van der Waals surface area contributed by atoms with Crippen LogP contribution in [0.3, 0.4) is 0 Å². The van der Waals surface area contributed by atoms with Gasteiger partial charge in [-0.1, -0.05) is 40.9 Å². The molecule has 0 radical (unpaired) electrons. The van der Waals surface area contributed by atoms with Gasteiger partial charge in [-0.3, -0.25) is 13.9 Å². The number of benzene rings is 2. The molecule has 0 aliphatic rings. The molecular weight excluding hydrogens is 573 g/mol. The van der Waals surface area contributed by atoms with Crippen LogP contribution in [0.15, 0.2) is 36.4 Å². The van der Waals surface area contributed by atoms with Gasteiger partial charge in [-0.2, -0.15) is 0 Å². The molecule has 2 aromatic rings. The van der Waals surface area contributed by atoms with Crippen LogP contribution in [-0.4, -0.2) is 56.6 Å². The number of nitrogens with one attached hydrogen (secondary N) is 1. The van der Waals surface area contributed by atoms with E-state index in [1.807, 2.05) is 20.8 Å². The van der Waals surface area contributed by atoms with Gasteiger partial charge in [0.1, 0.15) is 11.8 Å². The summed E-state index contributed by atoms with van der Waals surface area (Å²) in [6.45, 7) is 7.21. The fourth-order valence-electron chi connectivity index (χ4n) is 3.72. The first kappa shape index (κ1) is 32.0. The van der Waals surface area contributed by atoms with Crippen LogP contribution in [0.25, 0.3) is 0 Å². The molecule has 38 heavy (non-hydrogen) atoms. The van der Waals surface area contributed by atoms with Gasteiger partial charge in [0.25, 0.3) is 0 Å². The van der Waals surface area contributed by atoms with Gasteiger partial charge in [-0.15, -0.1) is 0 Å². The molecule has 1 N–H and O–H groups in total. The van der Waals surface area contributed by atoms with Gasteiger partial charge in [0.05, 0.1) is 24.1 Å². The second kappa shape index (κ2) is 13.2. The monoisotopic (exact) mass is 605 g/mol. The van der Waals surface area contributed by atoms with Crippen LogP contribution in [0.2, 0.25) is 15.1 Å². The third-order valence-corrected chi connectivity index (χ3v) is 7.83. The molecule has 0 aromatic heterocycles. The summed E-state index contributed by atoms with van der Waals surface area (Å²) in [5, 5.41) is 3.90. The van der Waals surface area contributed by atoms with Crippen LogP contribution in [0.1, 0.15) is 46.1 Å². The van der Waals surface area contributed by atoms with Crippen molar-refractivity contribution in [3.63, 3.8) is 0 Å². The highest BCUT2D eigenvalue weighted by molar-refractivity contribution is 7.92. The van der Waals surface area contributed by atoms with Gasteiger partial charge in [-0.25, -0.2) is 8.42 Å². The van der Waals surface area contributed by atoms with E-state index in [9.17, 15) is 18.0 Å². The Morgan fingerprint density at radius 3 is 2.16 bits per heavy atom. The molecule has 0 bridgehead atoms. The van der Waals surface area contributed by atoms with Gasteiger partial charge in [0.15, 0.2) is 0 Å². The molecule has 0 saturated heterocycles. The highest BCUT2D eigenvalue weighted by Crippen LogP contribution is 2.31. The van der Waals surface area contributed by atoms with E-state index in [0.717, 1.165) is 6.26 Å². The van der Waals surface area contributed by atoms with Crippen molar-refractivity contribution in [2.75, 3.05) is 24.2 Å². The SMILES string of the molecule is COc1ccc(N(CCCC(=O)N(Cc2c(Cl)cccc2Cl)[C@H](C)C(=O)NC(C)(C)C)S(C)(=O)=O)cc1Cl. The van der Waals surface area contributed by atoms with Crippen molar-refractivity contribution in [1.82, 2.24) is 10.2 Å². The number of sulfonamides is 1. The Balaban J connectivity index is 2.27. The van der Waals surface area contributed by atoms with Gasteiger partial charge in [0.2, 0.25) is 21.8 Å². The van der Waals surface area contributed by atoms with Crippen molar-refractivity contribution >= 4 is 62.3 Å². The van der Waals surface area contributed by atoms with Crippen molar-refractivity contribution in [1.29, 1.82) is 0 Å². The van der Waals surface area contributed by atoms with Gasteiger partial charge in [-0.05, 0) is 64.4 Å². The zero-order chi connectivity index (χ0) is 28.8. The van der Waals surface area contributed by atoms with E-state index in [4.69, 9.17) is 39.5 Å². The largest absolute Gasteiger partial charge is 0.495 e. The number of methoxy groups -OCH3 is 1. The number of carbonyl (C=O) groups excluding carboxylic acids is 2. The maximum absolute atomic E-state index is 13.4. The molecule has 0 aliphatic heterocycles. The normalized spacial score (nSPS) is 12.6. The van der Waals surface area contributed by atoms with E-state index in [0.29, 0.717) is 27.0 Å². The van der Waals surface area contributed by atoms with Crippen molar-refractivity contribution in [2.24, 2.45) is 0 Å². The molecule has 0 unspecified atom stereocenters. The van der Waals surface area contributed by atoms with E-state index in [1.165, 1.54) is 22.4 Å². The summed E-state index contributed by atoms with van der Waals surface area (Å²) in [6.07, 6.45) is 1.25. The maximum atomic E-state index is 13.4. The minimum absolute atomic E-state index is 0.0138. The zero-order valence-electron chi connectivity index (χ0n) is 22.3. The molecular formula is C26H34Cl3N3O5S. The molecule has 210 valence electrons. The second-order valence-corrected chi connectivity index (χ2v) is 13.0. The Bertz CT molecular complexity index is 1250. The summed E-state index contributed by atoms with van der Waals surface area (Å²) in [4.78, 5) is 27.8. The summed E-state index contributed by atoms with van der Waals surface area (Å²) < 4.78 is 31.4. The standard InChI is InChI=1S/C26H34Cl3N3O5S/c1-17(25(34)30-26(2,3)4)31(16-19-20(27)9-7-10-21(19)28)24(33)11-8-14-32(38(6,35)36)18-12-13-23(37-5)22(29)15-18/h7,9-10,12-13,15,17H,8,11,14,16H2,1-6H3,(H,30,34)/t17-/m1/s1. The molecule has 0 spiro atoms. The van der Waals surface area contributed by atoms with E-state index in [2.05, 4.69) is 5.32 Å². The number of carbonyl (C=O) groups is 2. The van der Waals surface area contributed by atoms with Crippen LogP contribution in [0, 0.1) is 0 Å². The molecule has 2 amide bonds. The van der Waals surface area contributed by atoms with Crippen LogP contribution >= 0.6 is 34.8 Å². The first-order valence-electron chi connectivity index (χ1n) is 11.9. The van der Waals surface area contributed by atoms with Crippen LogP contribution in [0.5, 0.6) is 5.75 Å². The van der Waals surface area contributed by atoms with Crippen molar-refractivity contribution in [3.8, 4) is 5.75 Å². The molecule has 1 atom stereocenters. The third kappa shape index (κ3) is 8.93. The minimum atomic E-state index is -3.67. The van der Waals surface area contributed by atoms with Crippen molar-refractivity contribution < 1.29 is 22.7 Å². The van der Waals surface area contributed by atoms with Crippen LogP contribution in [-0.2, 0) is 26.2 Å². The lowest BCUT2D eigenvalue weighted by Crippen LogP contribution is -2.52. The Hall–Kier alpha value is -2.20. The predicted octanol–water partition coefficient (Wildman–Crippen LogP) is 5.53. The van der Waals surface area contributed by atoms with E-state index >= 15 is 0 Å². The minimum Gasteiger partial charge on any atom is -0.495 e. The lowest BCUT2D eigenvalue weighted by molar-refractivity contribution is -0.141. The zero-order valence-corrected chi connectivity index (χ0v) is 25.4. The molecule has 2 aromatic carbocycles. The number of amides is 2. The van der Waals surface area contributed by atoms with E-state index in [1.54, 1.807) is 37.3 Å². The fourth-order valence-corrected chi connectivity index (χ4v) is 5.45. The molecule has 8 nitrogen and oxygen atoms in total. The summed E-state index contributed by atoms with van der Waals surface area (Å²) in [7, 11) is -2.21. The summed E-state index contributed by atoms with van der Waals surface area (Å²) in [5.41, 5.74) is 0.367. The maximum Gasteiger partial charge on any atom is 0.242 e. The fraction of sp³-hybridized carbons (Fsp3) is 0.462. The number of rotatable bonds is 11. The second-order valence-electron chi connectivity index (χ2n) is 9.89. The average Bonchev–Trinajstić information content (AvgIpc) is 2.79. The highest BCUT2D eigenvalue weighted by atomic mass is 35.5. The molecule has 2 rings (SSSR count). The van der Waals surface area contributed by atoms with E-state index in [-0.39, 0.29) is 42.8 Å². The van der Waals surface area contributed by atoms with Crippen molar-refractivity contribution in [3.05, 3.63) is 57.0 Å². The summed E-state index contributed by atoms with van der Waals surface area (Å²) >= 11 is 18.9. The summed E-state index contributed by atoms with van der Waals surface area (Å²) in [5.74, 6) is -0.270. The van der Waals surface area contributed by atoms with Crippen molar-refractivity contribution in [2.45, 2.75) is 58.7 Å². The lowest BCUT2D eigenvalue weighted by Gasteiger charge is -2.32. The lowest BCUT2D eigenvalue weighted by atomic mass is 10.1. The third-order valence-electron chi connectivity index (χ3n) is 5.63. The molecule has 0 aliphatic carbocycles. The number of hydrogen-bond acceptors (Lipinski definition) is 5. The smallest absolute Gasteiger partial charge is 0.242 e. The van der Waals surface area contributed by atoms with E-state index < -0.39 is 21.6 Å². The van der Waals surface area contributed by atoms with Gasteiger partial charge < -0.3 is 15.0 Å². The first-order valence-corrected chi connectivity index (χ1v) is 14.9. The Kier molecular flexibility index (Phi) is 11.2. The number of anilines is 1. The van der Waals surface area contributed by atoms with Crippen LogP contribution < -0.4 is 14.4 Å². The molecule has 0 heterocycles. The van der Waals surface area contributed by atoms with Crippen LogP contribution in [0.4, 0.5) is 5.69 Å². The van der Waals surface area contributed by atoms with Gasteiger partial charge >= 0.3 is 0 Å².